The average Bonchev–Trinajstić information content (AvgIpc) is 2.53. The molecule has 0 saturated heterocycles. The van der Waals surface area contributed by atoms with Crippen molar-refractivity contribution in [3.63, 3.8) is 0 Å². The minimum absolute atomic E-state index is 0.00888. The van der Waals surface area contributed by atoms with E-state index in [1.54, 1.807) is 6.07 Å². The first-order valence-electron chi connectivity index (χ1n) is 6.58. The Kier molecular flexibility index (Phi) is 4.52. The predicted molar refractivity (Wildman–Crippen MR) is 78.9 cm³/mol. The first-order valence-corrected chi connectivity index (χ1v) is 6.58. The molecule has 0 fully saturated rings. The molecule has 0 saturated carbocycles. The zero-order chi connectivity index (χ0) is 14.4. The molecule has 0 radical (unpaired) electrons. The minimum Gasteiger partial charge on any atom is -0.394 e. The van der Waals surface area contributed by atoms with E-state index in [0.717, 1.165) is 11.1 Å². The van der Waals surface area contributed by atoms with Gasteiger partial charge in [0.15, 0.2) is 0 Å². The highest BCUT2D eigenvalue weighted by atomic mass is 16.3. The molecule has 0 heterocycles. The summed E-state index contributed by atoms with van der Waals surface area (Å²) in [6, 6.07) is 19.5. The number of aliphatic hydroxyl groups is 1. The smallest absolute Gasteiger partial charge is 0.0991 e. The van der Waals surface area contributed by atoms with E-state index in [1.165, 1.54) is 0 Å². The highest BCUT2D eigenvalue weighted by molar-refractivity contribution is 5.33. The average molecular weight is 266 g/mol. The van der Waals surface area contributed by atoms with E-state index in [2.05, 4.69) is 11.4 Å². The number of benzene rings is 2. The standard InChI is InChI=1S/C17H18N2O/c1-17(13-20,16-8-3-2-4-9-16)19-12-15-7-5-6-14(10-15)11-18/h2-10,19-20H,12-13H2,1H3. The molecule has 0 spiro atoms. The van der Waals surface area contributed by atoms with E-state index in [0.29, 0.717) is 12.1 Å². The van der Waals surface area contributed by atoms with Gasteiger partial charge in [-0.1, -0.05) is 42.5 Å². The van der Waals surface area contributed by atoms with Crippen LogP contribution in [0.5, 0.6) is 0 Å². The summed E-state index contributed by atoms with van der Waals surface area (Å²) in [5.74, 6) is 0. The molecule has 2 N–H and O–H groups in total. The van der Waals surface area contributed by atoms with Gasteiger partial charge in [-0.3, -0.25) is 0 Å². The van der Waals surface area contributed by atoms with Crippen LogP contribution < -0.4 is 5.32 Å². The summed E-state index contributed by atoms with van der Waals surface area (Å²) in [7, 11) is 0. The molecule has 2 aromatic carbocycles. The monoisotopic (exact) mass is 266 g/mol. The van der Waals surface area contributed by atoms with Gasteiger partial charge in [-0.2, -0.15) is 5.26 Å². The maximum absolute atomic E-state index is 9.70. The Hall–Kier alpha value is -2.15. The van der Waals surface area contributed by atoms with Gasteiger partial charge >= 0.3 is 0 Å². The van der Waals surface area contributed by atoms with Crippen molar-refractivity contribution in [3.05, 3.63) is 71.3 Å². The topological polar surface area (TPSA) is 56.0 Å². The first kappa shape index (κ1) is 14.3. The minimum atomic E-state index is -0.496. The lowest BCUT2D eigenvalue weighted by Crippen LogP contribution is -2.42. The molecule has 0 aliphatic carbocycles. The maximum atomic E-state index is 9.70. The molecule has 102 valence electrons. The van der Waals surface area contributed by atoms with Crippen LogP contribution in [0.3, 0.4) is 0 Å². The molecule has 0 aliphatic rings. The largest absolute Gasteiger partial charge is 0.394 e. The van der Waals surface area contributed by atoms with Gasteiger partial charge in [0.25, 0.3) is 0 Å². The molecule has 20 heavy (non-hydrogen) atoms. The van der Waals surface area contributed by atoms with E-state index in [4.69, 9.17) is 5.26 Å². The Morgan fingerprint density at radius 1 is 1.15 bits per heavy atom. The Morgan fingerprint density at radius 2 is 1.90 bits per heavy atom. The van der Waals surface area contributed by atoms with Gasteiger partial charge in [0.05, 0.1) is 23.8 Å². The lowest BCUT2D eigenvalue weighted by atomic mass is 9.92. The molecule has 2 rings (SSSR count). The van der Waals surface area contributed by atoms with Gasteiger partial charge in [0.1, 0.15) is 0 Å². The lowest BCUT2D eigenvalue weighted by Gasteiger charge is -2.29. The molecule has 0 bridgehead atoms. The number of nitrogens with one attached hydrogen (secondary N) is 1. The molecular formula is C17H18N2O. The number of rotatable bonds is 5. The SMILES string of the molecule is CC(CO)(NCc1cccc(C#N)c1)c1ccccc1. The second-order valence-corrected chi connectivity index (χ2v) is 5.02. The summed E-state index contributed by atoms with van der Waals surface area (Å²) in [6.45, 7) is 2.58. The fourth-order valence-corrected chi connectivity index (χ4v) is 2.10. The molecule has 2 aromatic rings. The summed E-state index contributed by atoms with van der Waals surface area (Å²) >= 11 is 0. The second kappa shape index (κ2) is 6.33. The lowest BCUT2D eigenvalue weighted by molar-refractivity contribution is 0.173. The van der Waals surface area contributed by atoms with Gasteiger partial charge in [0.2, 0.25) is 0 Å². The van der Waals surface area contributed by atoms with E-state index in [1.807, 2.05) is 55.5 Å². The zero-order valence-corrected chi connectivity index (χ0v) is 11.5. The van der Waals surface area contributed by atoms with Crippen LogP contribution in [0.2, 0.25) is 0 Å². The summed E-state index contributed by atoms with van der Waals surface area (Å²) < 4.78 is 0. The Bertz CT molecular complexity index is 604. The molecule has 1 unspecified atom stereocenters. The molecular weight excluding hydrogens is 248 g/mol. The third-order valence-corrected chi connectivity index (χ3v) is 3.47. The highest BCUT2D eigenvalue weighted by Crippen LogP contribution is 2.20. The number of aliphatic hydroxyl groups excluding tert-OH is 1. The third kappa shape index (κ3) is 3.24. The van der Waals surface area contributed by atoms with Crippen molar-refractivity contribution < 1.29 is 5.11 Å². The van der Waals surface area contributed by atoms with Crippen molar-refractivity contribution in [2.75, 3.05) is 6.61 Å². The van der Waals surface area contributed by atoms with Crippen molar-refractivity contribution >= 4 is 0 Å². The van der Waals surface area contributed by atoms with Gasteiger partial charge in [-0.05, 0) is 30.2 Å². The third-order valence-electron chi connectivity index (χ3n) is 3.47. The first-order chi connectivity index (χ1) is 9.68. The highest BCUT2D eigenvalue weighted by Gasteiger charge is 2.24. The molecule has 0 amide bonds. The van der Waals surface area contributed by atoms with Crippen molar-refractivity contribution in [3.8, 4) is 6.07 Å². The number of nitrogens with zero attached hydrogens (tertiary/aromatic N) is 1. The van der Waals surface area contributed by atoms with Crippen LogP contribution in [0, 0.1) is 11.3 Å². The van der Waals surface area contributed by atoms with Crippen molar-refractivity contribution in [2.45, 2.75) is 19.0 Å². The molecule has 0 aromatic heterocycles. The van der Waals surface area contributed by atoms with Gasteiger partial charge in [0, 0.05) is 6.54 Å². The van der Waals surface area contributed by atoms with Crippen molar-refractivity contribution in [2.24, 2.45) is 0 Å². The van der Waals surface area contributed by atoms with E-state index in [9.17, 15) is 5.11 Å². The van der Waals surface area contributed by atoms with Crippen LogP contribution >= 0.6 is 0 Å². The molecule has 3 heteroatoms. The summed E-state index contributed by atoms with van der Waals surface area (Å²) in [4.78, 5) is 0. The number of hydrogen-bond donors (Lipinski definition) is 2. The molecule has 0 aliphatic heterocycles. The summed E-state index contributed by atoms with van der Waals surface area (Å²) in [6.07, 6.45) is 0. The van der Waals surface area contributed by atoms with Crippen molar-refractivity contribution in [1.29, 1.82) is 5.26 Å². The van der Waals surface area contributed by atoms with Crippen LogP contribution in [0.25, 0.3) is 0 Å². The van der Waals surface area contributed by atoms with E-state index in [-0.39, 0.29) is 6.61 Å². The fraction of sp³-hybridized carbons (Fsp3) is 0.235. The van der Waals surface area contributed by atoms with Crippen LogP contribution in [0.4, 0.5) is 0 Å². The summed E-state index contributed by atoms with van der Waals surface area (Å²) in [5, 5.41) is 22.0. The van der Waals surface area contributed by atoms with E-state index >= 15 is 0 Å². The quantitative estimate of drug-likeness (QED) is 0.874. The van der Waals surface area contributed by atoms with E-state index < -0.39 is 5.54 Å². The van der Waals surface area contributed by atoms with Crippen molar-refractivity contribution in [1.82, 2.24) is 5.32 Å². The zero-order valence-electron chi connectivity index (χ0n) is 11.5. The van der Waals surface area contributed by atoms with Gasteiger partial charge in [-0.25, -0.2) is 0 Å². The maximum Gasteiger partial charge on any atom is 0.0991 e. The predicted octanol–water partition coefficient (Wildman–Crippen LogP) is 2.56. The Balaban J connectivity index is 2.13. The van der Waals surface area contributed by atoms with Gasteiger partial charge < -0.3 is 10.4 Å². The van der Waals surface area contributed by atoms with Crippen LogP contribution in [-0.4, -0.2) is 11.7 Å². The second-order valence-electron chi connectivity index (χ2n) is 5.02. The van der Waals surface area contributed by atoms with Crippen LogP contribution in [0.1, 0.15) is 23.6 Å². The molecule has 3 nitrogen and oxygen atoms in total. The summed E-state index contributed by atoms with van der Waals surface area (Å²) in [5.41, 5.74) is 2.22. The Morgan fingerprint density at radius 3 is 2.55 bits per heavy atom. The fourth-order valence-electron chi connectivity index (χ4n) is 2.10. The van der Waals surface area contributed by atoms with Crippen LogP contribution in [0.15, 0.2) is 54.6 Å². The van der Waals surface area contributed by atoms with Gasteiger partial charge in [-0.15, -0.1) is 0 Å². The number of hydrogen-bond acceptors (Lipinski definition) is 3. The Labute approximate surface area is 119 Å². The molecule has 1 atom stereocenters. The van der Waals surface area contributed by atoms with Crippen LogP contribution in [-0.2, 0) is 12.1 Å². The normalized spacial score (nSPS) is 13.4. The number of nitriles is 1.